The van der Waals surface area contributed by atoms with Crippen LogP contribution in [0.5, 0.6) is 0 Å². The van der Waals surface area contributed by atoms with Crippen LogP contribution in [0, 0.1) is 28.1 Å². The van der Waals surface area contributed by atoms with Crippen molar-refractivity contribution in [1.29, 1.82) is 0 Å². The topological polar surface area (TPSA) is 34.1 Å². The molecule has 0 aromatic rings. The zero-order valence-electron chi connectivity index (χ0n) is 10.8. The molecule has 2 heteroatoms. The fraction of sp³-hybridized carbons (Fsp3) is 0.733. The van der Waals surface area contributed by atoms with Gasteiger partial charge in [-0.15, -0.1) is 0 Å². The Morgan fingerprint density at radius 2 is 1.94 bits per heavy atom. The minimum atomic E-state index is -0.434. The summed E-state index contributed by atoms with van der Waals surface area (Å²) in [4.78, 5) is 22.7. The molecule has 0 N–H and O–H groups in total. The predicted molar refractivity (Wildman–Crippen MR) is 65.4 cm³/mol. The Balaban J connectivity index is 2.07. The van der Waals surface area contributed by atoms with E-state index in [1.807, 2.05) is 0 Å². The molecule has 0 heterocycles. The van der Waals surface area contributed by atoms with Crippen molar-refractivity contribution >= 4 is 12.6 Å². The number of hydrogen-bond donors (Lipinski definition) is 0. The van der Waals surface area contributed by atoms with Gasteiger partial charge in [0, 0.05) is 5.57 Å². The first-order valence-electron chi connectivity index (χ1n) is 6.52. The number of hydrogen-bond acceptors (Lipinski definition) is 2. The maximum absolute atomic E-state index is 11.4. The maximum Gasteiger partial charge on any atom is 0.146 e. The molecule has 0 saturated heterocycles. The molecule has 2 saturated carbocycles. The van der Waals surface area contributed by atoms with Gasteiger partial charge in [-0.1, -0.05) is 26.8 Å². The Labute approximate surface area is 102 Å². The summed E-state index contributed by atoms with van der Waals surface area (Å²) in [7, 11) is 0. The molecule has 92 valence electrons. The van der Waals surface area contributed by atoms with Crippen LogP contribution >= 0.6 is 0 Å². The summed E-state index contributed by atoms with van der Waals surface area (Å²) in [5, 5.41) is 0. The number of aldehydes is 2. The van der Waals surface area contributed by atoms with Gasteiger partial charge in [-0.25, -0.2) is 0 Å². The first-order chi connectivity index (χ1) is 7.88. The monoisotopic (exact) mass is 232 g/mol. The van der Waals surface area contributed by atoms with E-state index in [4.69, 9.17) is 0 Å². The van der Waals surface area contributed by atoms with Crippen molar-refractivity contribution in [2.75, 3.05) is 0 Å². The quantitative estimate of drug-likeness (QED) is 0.686. The van der Waals surface area contributed by atoms with Gasteiger partial charge < -0.3 is 4.79 Å². The van der Waals surface area contributed by atoms with Crippen molar-refractivity contribution in [3.63, 3.8) is 0 Å². The second kappa shape index (κ2) is 2.90. The largest absolute Gasteiger partial charge is 0.302 e. The van der Waals surface area contributed by atoms with E-state index in [1.165, 1.54) is 6.42 Å². The maximum atomic E-state index is 11.4. The van der Waals surface area contributed by atoms with Crippen molar-refractivity contribution in [3.8, 4) is 0 Å². The van der Waals surface area contributed by atoms with Crippen LogP contribution in [0.15, 0.2) is 11.6 Å². The first-order valence-corrected chi connectivity index (χ1v) is 6.52. The van der Waals surface area contributed by atoms with Crippen LogP contribution in [0.25, 0.3) is 0 Å². The standard InChI is InChI=1S/C15H20O2/c1-13(2)5-10-4-11(7-16)15(9-17)8-14(15,3)12(10)6-13/h4,7,9-10,12H,5-6,8H2,1-3H3/t10-,12-,14-,15-/m1/s1. The van der Waals surface area contributed by atoms with Gasteiger partial charge in [0.25, 0.3) is 0 Å². The predicted octanol–water partition coefficient (Wildman–Crippen LogP) is 2.77. The van der Waals surface area contributed by atoms with E-state index in [-0.39, 0.29) is 5.41 Å². The lowest BCUT2D eigenvalue weighted by Crippen LogP contribution is -2.31. The van der Waals surface area contributed by atoms with E-state index < -0.39 is 5.41 Å². The van der Waals surface area contributed by atoms with Crippen molar-refractivity contribution in [3.05, 3.63) is 11.6 Å². The van der Waals surface area contributed by atoms with Gasteiger partial charge in [0.1, 0.15) is 12.6 Å². The van der Waals surface area contributed by atoms with E-state index in [9.17, 15) is 9.59 Å². The van der Waals surface area contributed by atoms with E-state index in [0.717, 1.165) is 31.0 Å². The minimum absolute atomic E-state index is 0.0538. The van der Waals surface area contributed by atoms with Crippen molar-refractivity contribution in [2.45, 2.75) is 40.0 Å². The van der Waals surface area contributed by atoms with Crippen LogP contribution < -0.4 is 0 Å². The molecule has 17 heavy (non-hydrogen) atoms. The second-order valence-corrected chi connectivity index (χ2v) is 7.27. The molecule has 0 aromatic carbocycles. The zero-order chi connectivity index (χ0) is 12.5. The third kappa shape index (κ3) is 1.16. The van der Waals surface area contributed by atoms with E-state index >= 15 is 0 Å². The smallest absolute Gasteiger partial charge is 0.146 e. The van der Waals surface area contributed by atoms with Crippen LogP contribution in [0.1, 0.15) is 40.0 Å². The average molecular weight is 232 g/mol. The third-order valence-corrected chi connectivity index (χ3v) is 5.67. The number of allylic oxidation sites excluding steroid dienone is 2. The summed E-state index contributed by atoms with van der Waals surface area (Å²) >= 11 is 0. The fourth-order valence-electron chi connectivity index (χ4n) is 4.68. The summed E-state index contributed by atoms with van der Waals surface area (Å²) in [6, 6.07) is 0. The van der Waals surface area contributed by atoms with Crippen molar-refractivity contribution in [1.82, 2.24) is 0 Å². The van der Waals surface area contributed by atoms with Gasteiger partial charge in [0.05, 0.1) is 5.41 Å². The molecule has 2 fully saturated rings. The molecule has 0 aliphatic heterocycles. The van der Waals surface area contributed by atoms with Crippen LogP contribution in [0.2, 0.25) is 0 Å². The molecule has 3 aliphatic carbocycles. The summed E-state index contributed by atoms with van der Waals surface area (Å²) in [5.41, 5.74) is 0.729. The highest BCUT2D eigenvalue weighted by Crippen LogP contribution is 2.76. The van der Waals surface area contributed by atoms with E-state index in [2.05, 4.69) is 26.8 Å². The van der Waals surface area contributed by atoms with Crippen LogP contribution in [-0.4, -0.2) is 12.6 Å². The van der Waals surface area contributed by atoms with Gasteiger partial charge in [-0.2, -0.15) is 0 Å². The van der Waals surface area contributed by atoms with Crippen molar-refractivity contribution in [2.24, 2.45) is 28.1 Å². The Morgan fingerprint density at radius 3 is 2.53 bits per heavy atom. The summed E-state index contributed by atoms with van der Waals surface area (Å²) in [6.07, 6.45) is 7.28. The van der Waals surface area contributed by atoms with E-state index in [0.29, 0.717) is 17.3 Å². The molecule has 0 unspecified atom stereocenters. The highest BCUT2D eigenvalue weighted by molar-refractivity contribution is 5.89. The zero-order valence-corrected chi connectivity index (χ0v) is 10.8. The van der Waals surface area contributed by atoms with Crippen LogP contribution in [-0.2, 0) is 9.59 Å². The lowest BCUT2D eigenvalue weighted by Gasteiger charge is -2.33. The van der Waals surface area contributed by atoms with E-state index in [1.54, 1.807) is 0 Å². The number of rotatable bonds is 2. The summed E-state index contributed by atoms with van der Waals surface area (Å²) in [6.45, 7) is 6.80. The summed E-state index contributed by atoms with van der Waals surface area (Å²) in [5.74, 6) is 1.09. The molecular formula is C15H20O2. The van der Waals surface area contributed by atoms with Gasteiger partial charge in [0.2, 0.25) is 0 Å². The minimum Gasteiger partial charge on any atom is -0.302 e. The molecule has 0 radical (unpaired) electrons. The highest BCUT2D eigenvalue weighted by atomic mass is 16.1. The van der Waals surface area contributed by atoms with Crippen molar-refractivity contribution < 1.29 is 9.59 Å². The molecule has 3 rings (SSSR count). The lowest BCUT2D eigenvalue weighted by atomic mass is 9.70. The molecule has 0 aromatic heterocycles. The second-order valence-electron chi connectivity index (χ2n) is 7.27. The van der Waals surface area contributed by atoms with Crippen LogP contribution in [0.3, 0.4) is 0 Å². The number of carbonyl (C=O) groups is 2. The van der Waals surface area contributed by atoms with Gasteiger partial charge in [-0.3, -0.25) is 4.79 Å². The average Bonchev–Trinajstić information content (AvgIpc) is 2.77. The molecule has 0 spiro atoms. The van der Waals surface area contributed by atoms with Crippen LogP contribution in [0.4, 0.5) is 0 Å². The number of fused-ring (bicyclic) bond motifs is 3. The normalized spacial score (nSPS) is 49.9. The van der Waals surface area contributed by atoms with Gasteiger partial charge in [0.15, 0.2) is 0 Å². The Morgan fingerprint density at radius 1 is 1.24 bits per heavy atom. The molecule has 4 atom stereocenters. The molecule has 0 amide bonds. The lowest BCUT2D eigenvalue weighted by molar-refractivity contribution is -0.115. The highest BCUT2D eigenvalue weighted by Gasteiger charge is 2.73. The Kier molecular flexibility index (Phi) is 1.91. The SMILES string of the molecule is CC1(C)C[C@H]2C=C(C=O)[C@]3(C=O)C[C@]3(C)[C@@H]2C1. The Bertz CT molecular complexity index is 434. The first kappa shape index (κ1) is 11.2. The molecular weight excluding hydrogens is 212 g/mol. The molecule has 3 aliphatic rings. The number of carbonyl (C=O) groups excluding carboxylic acids is 2. The van der Waals surface area contributed by atoms with Gasteiger partial charge in [-0.05, 0) is 41.9 Å². The van der Waals surface area contributed by atoms with Gasteiger partial charge >= 0.3 is 0 Å². The fourth-order valence-corrected chi connectivity index (χ4v) is 4.68. The molecule has 2 nitrogen and oxygen atoms in total. The third-order valence-electron chi connectivity index (χ3n) is 5.67. The Hall–Kier alpha value is -0.920. The molecule has 0 bridgehead atoms. The summed E-state index contributed by atoms with van der Waals surface area (Å²) < 4.78 is 0.